The van der Waals surface area contributed by atoms with E-state index >= 15 is 0 Å². The zero-order valence-electron chi connectivity index (χ0n) is 10.3. The van der Waals surface area contributed by atoms with Gasteiger partial charge in [0.05, 0.1) is 12.2 Å². The Hall–Kier alpha value is -0.980. The summed E-state index contributed by atoms with van der Waals surface area (Å²) < 4.78 is 16.0. The number of methoxy groups -OCH3 is 1. The van der Waals surface area contributed by atoms with Crippen LogP contribution >= 0.6 is 0 Å². The SMILES string of the molecule is COC(C)Cc1noc(C2CCC(CN)O2)n1. The number of ether oxygens (including phenoxy) is 2. The van der Waals surface area contributed by atoms with E-state index in [9.17, 15) is 0 Å². The van der Waals surface area contributed by atoms with Gasteiger partial charge >= 0.3 is 0 Å². The van der Waals surface area contributed by atoms with Crippen LogP contribution in [0.25, 0.3) is 0 Å². The minimum absolute atomic E-state index is 0.0849. The maximum Gasteiger partial charge on any atom is 0.255 e. The molecule has 0 spiro atoms. The molecule has 1 saturated heterocycles. The van der Waals surface area contributed by atoms with Crippen LogP contribution in [0.4, 0.5) is 0 Å². The molecular formula is C11H19N3O3. The fourth-order valence-corrected chi connectivity index (χ4v) is 1.88. The van der Waals surface area contributed by atoms with Gasteiger partial charge in [-0.2, -0.15) is 4.98 Å². The first kappa shape index (κ1) is 12.5. The second kappa shape index (κ2) is 5.57. The third kappa shape index (κ3) is 3.02. The summed E-state index contributed by atoms with van der Waals surface area (Å²) in [5.74, 6) is 1.22. The van der Waals surface area contributed by atoms with Crippen molar-refractivity contribution in [2.45, 2.75) is 44.5 Å². The number of hydrogen-bond acceptors (Lipinski definition) is 6. The third-order valence-electron chi connectivity index (χ3n) is 3.00. The minimum Gasteiger partial charge on any atom is -0.381 e. The number of aromatic nitrogens is 2. The molecular weight excluding hydrogens is 222 g/mol. The molecule has 1 aromatic heterocycles. The summed E-state index contributed by atoms with van der Waals surface area (Å²) in [6.45, 7) is 2.50. The summed E-state index contributed by atoms with van der Waals surface area (Å²) >= 11 is 0. The number of hydrogen-bond donors (Lipinski definition) is 1. The highest BCUT2D eigenvalue weighted by Gasteiger charge is 2.29. The molecule has 0 aliphatic carbocycles. The highest BCUT2D eigenvalue weighted by molar-refractivity contribution is 4.94. The van der Waals surface area contributed by atoms with E-state index in [0.29, 0.717) is 24.7 Å². The molecule has 3 unspecified atom stereocenters. The van der Waals surface area contributed by atoms with Gasteiger partial charge in [0.15, 0.2) is 5.82 Å². The van der Waals surface area contributed by atoms with Crippen molar-refractivity contribution in [3.8, 4) is 0 Å². The Morgan fingerprint density at radius 2 is 2.35 bits per heavy atom. The summed E-state index contributed by atoms with van der Waals surface area (Å²) in [7, 11) is 1.66. The lowest BCUT2D eigenvalue weighted by Gasteiger charge is -2.07. The Morgan fingerprint density at radius 1 is 1.53 bits per heavy atom. The van der Waals surface area contributed by atoms with E-state index in [1.807, 2.05) is 6.92 Å². The van der Waals surface area contributed by atoms with Gasteiger partial charge in [-0.1, -0.05) is 5.16 Å². The van der Waals surface area contributed by atoms with Gasteiger partial charge in [0.2, 0.25) is 0 Å². The monoisotopic (exact) mass is 241 g/mol. The van der Waals surface area contributed by atoms with Crippen LogP contribution in [-0.2, 0) is 15.9 Å². The zero-order valence-corrected chi connectivity index (χ0v) is 10.3. The molecule has 6 nitrogen and oxygen atoms in total. The van der Waals surface area contributed by atoms with Crippen LogP contribution in [0, 0.1) is 0 Å². The second-order valence-electron chi connectivity index (χ2n) is 4.36. The molecule has 96 valence electrons. The fourth-order valence-electron chi connectivity index (χ4n) is 1.88. The van der Waals surface area contributed by atoms with Gasteiger partial charge in [-0.3, -0.25) is 0 Å². The first-order chi connectivity index (χ1) is 8.22. The van der Waals surface area contributed by atoms with E-state index in [0.717, 1.165) is 12.8 Å². The molecule has 1 aliphatic rings. The van der Waals surface area contributed by atoms with Crippen molar-refractivity contribution < 1.29 is 14.0 Å². The first-order valence-corrected chi connectivity index (χ1v) is 5.93. The second-order valence-corrected chi connectivity index (χ2v) is 4.36. The minimum atomic E-state index is -0.0948. The van der Waals surface area contributed by atoms with Gasteiger partial charge < -0.3 is 19.7 Å². The molecule has 1 aliphatic heterocycles. The van der Waals surface area contributed by atoms with E-state index in [4.69, 9.17) is 19.7 Å². The molecule has 0 amide bonds. The Balaban J connectivity index is 1.94. The molecule has 6 heteroatoms. The molecule has 1 aromatic rings. The molecule has 2 N–H and O–H groups in total. The van der Waals surface area contributed by atoms with E-state index in [1.165, 1.54) is 0 Å². The van der Waals surface area contributed by atoms with Crippen LogP contribution < -0.4 is 5.73 Å². The maximum atomic E-state index is 5.69. The van der Waals surface area contributed by atoms with Crippen LogP contribution in [0.15, 0.2) is 4.52 Å². The zero-order chi connectivity index (χ0) is 12.3. The van der Waals surface area contributed by atoms with E-state index in [1.54, 1.807) is 7.11 Å². The van der Waals surface area contributed by atoms with Crippen LogP contribution in [0.1, 0.15) is 37.6 Å². The van der Waals surface area contributed by atoms with Crippen LogP contribution in [0.3, 0.4) is 0 Å². The Bertz CT molecular complexity index is 355. The molecule has 0 radical (unpaired) electrons. The van der Waals surface area contributed by atoms with Crippen molar-refractivity contribution in [3.63, 3.8) is 0 Å². The van der Waals surface area contributed by atoms with E-state index in [-0.39, 0.29) is 18.3 Å². The molecule has 3 atom stereocenters. The third-order valence-corrected chi connectivity index (χ3v) is 3.00. The van der Waals surface area contributed by atoms with Gasteiger partial charge in [0.25, 0.3) is 5.89 Å². The van der Waals surface area contributed by atoms with Gasteiger partial charge in [0.1, 0.15) is 6.10 Å². The molecule has 1 fully saturated rings. The van der Waals surface area contributed by atoms with Crippen molar-refractivity contribution in [1.82, 2.24) is 10.1 Å². The topological polar surface area (TPSA) is 83.4 Å². The van der Waals surface area contributed by atoms with Gasteiger partial charge in [-0.15, -0.1) is 0 Å². The van der Waals surface area contributed by atoms with Crippen molar-refractivity contribution in [2.75, 3.05) is 13.7 Å². The van der Waals surface area contributed by atoms with Crippen molar-refractivity contribution in [2.24, 2.45) is 5.73 Å². The molecule has 0 aromatic carbocycles. The normalized spacial score (nSPS) is 26.3. The molecule has 0 saturated carbocycles. The van der Waals surface area contributed by atoms with Gasteiger partial charge in [-0.05, 0) is 19.8 Å². The molecule has 17 heavy (non-hydrogen) atoms. The Kier molecular flexibility index (Phi) is 4.09. The highest BCUT2D eigenvalue weighted by Crippen LogP contribution is 2.31. The number of nitrogens with two attached hydrogens (primary N) is 1. The highest BCUT2D eigenvalue weighted by atomic mass is 16.5. The molecule has 2 rings (SSSR count). The number of nitrogens with zero attached hydrogens (tertiary/aromatic N) is 2. The largest absolute Gasteiger partial charge is 0.381 e. The summed E-state index contributed by atoms with van der Waals surface area (Å²) in [6, 6.07) is 0. The Labute approximate surface area is 100 Å². The van der Waals surface area contributed by atoms with Crippen LogP contribution in [0.5, 0.6) is 0 Å². The Morgan fingerprint density at radius 3 is 3.00 bits per heavy atom. The summed E-state index contributed by atoms with van der Waals surface area (Å²) in [4.78, 5) is 4.33. The quantitative estimate of drug-likeness (QED) is 0.822. The van der Waals surface area contributed by atoms with Crippen LogP contribution in [0.2, 0.25) is 0 Å². The molecule has 0 bridgehead atoms. The predicted molar refractivity (Wildman–Crippen MR) is 60.4 cm³/mol. The van der Waals surface area contributed by atoms with E-state index in [2.05, 4.69) is 10.1 Å². The standard InChI is InChI=1S/C11H19N3O3/c1-7(15-2)5-10-13-11(17-14-10)9-4-3-8(6-12)16-9/h7-9H,3-6,12H2,1-2H3. The lowest BCUT2D eigenvalue weighted by molar-refractivity contribution is 0.0307. The van der Waals surface area contributed by atoms with Crippen molar-refractivity contribution >= 4 is 0 Å². The first-order valence-electron chi connectivity index (χ1n) is 5.93. The summed E-state index contributed by atoms with van der Waals surface area (Å²) in [5.41, 5.74) is 5.56. The lowest BCUT2D eigenvalue weighted by Crippen LogP contribution is -2.18. The van der Waals surface area contributed by atoms with E-state index < -0.39 is 0 Å². The average Bonchev–Trinajstić information content (AvgIpc) is 2.96. The maximum absolute atomic E-state index is 5.69. The van der Waals surface area contributed by atoms with Crippen LogP contribution in [-0.4, -0.2) is 36.0 Å². The van der Waals surface area contributed by atoms with Gasteiger partial charge in [-0.25, -0.2) is 0 Å². The summed E-state index contributed by atoms with van der Waals surface area (Å²) in [6.07, 6.45) is 2.60. The van der Waals surface area contributed by atoms with Crippen molar-refractivity contribution in [3.05, 3.63) is 11.7 Å². The average molecular weight is 241 g/mol. The van der Waals surface area contributed by atoms with Crippen molar-refractivity contribution in [1.29, 1.82) is 0 Å². The number of rotatable bonds is 5. The molecule has 2 heterocycles. The predicted octanol–water partition coefficient (Wildman–Crippen LogP) is 0.826. The smallest absolute Gasteiger partial charge is 0.255 e. The fraction of sp³-hybridized carbons (Fsp3) is 0.818. The lowest BCUT2D eigenvalue weighted by atomic mass is 10.2. The van der Waals surface area contributed by atoms with Gasteiger partial charge in [0, 0.05) is 20.1 Å². The summed E-state index contributed by atoms with van der Waals surface area (Å²) in [5, 5.41) is 3.92.